The number of hydrogen-bond acceptors (Lipinski definition) is 2. The van der Waals surface area contributed by atoms with E-state index < -0.39 is 12.4 Å². The van der Waals surface area contributed by atoms with E-state index in [-0.39, 0.29) is 10.7 Å². The van der Waals surface area contributed by atoms with Crippen molar-refractivity contribution in [1.82, 2.24) is 4.98 Å². The third-order valence-electron chi connectivity index (χ3n) is 2.37. The van der Waals surface area contributed by atoms with Crippen LogP contribution in [0.2, 0.25) is 15.1 Å². The summed E-state index contributed by atoms with van der Waals surface area (Å²) in [6.07, 6.45) is 0. The average Bonchev–Trinajstić information content (AvgIpc) is 2.36. The molecule has 0 fully saturated rings. The molecule has 0 atom stereocenters. The Morgan fingerprint density at radius 1 is 1.06 bits per heavy atom. The first-order valence-corrected chi connectivity index (χ1v) is 6.08. The summed E-state index contributed by atoms with van der Waals surface area (Å²) in [6, 6.07) is 5.76. The first-order valence-electron chi connectivity index (χ1n) is 4.94. The first kappa shape index (κ1) is 13.6. The number of rotatable bonds is 2. The average molecular weight is 307 g/mol. The fraction of sp³-hybridized carbons (Fsp3) is 0.0833. The SMILES string of the molecule is OCc1nc(-c2c(Cl)ccc(Cl)c2Cl)ccc1F. The minimum atomic E-state index is -0.587. The molecule has 1 aromatic heterocycles. The Labute approximate surface area is 118 Å². The molecule has 94 valence electrons. The molecule has 18 heavy (non-hydrogen) atoms. The summed E-state index contributed by atoms with van der Waals surface area (Å²) >= 11 is 18.0. The second kappa shape index (κ2) is 5.41. The van der Waals surface area contributed by atoms with Crippen LogP contribution in [0.1, 0.15) is 5.69 Å². The predicted octanol–water partition coefficient (Wildman–Crippen LogP) is 4.34. The van der Waals surface area contributed by atoms with Gasteiger partial charge in [-0.15, -0.1) is 0 Å². The fourth-order valence-corrected chi connectivity index (χ4v) is 2.22. The third kappa shape index (κ3) is 2.45. The normalized spacial score (nSPS) is 10.7. The molecule has 1 N–H and O–H groups in total. The maximum atomic E-state index is 13.3. The molecular formula is C12H7Cl3FNO. The van der Waals surface area contributed by atoms with Crippen molar-refractivity contribution in [3.05, 3.63) is 50.8 Å². The number of halogens is 4. The summed E-state index contributed by atoms with van der Waals surface area (Å²) in [6.45, 7) is -0.504. The van der Waals surface area contributed by atoms with E-state index in [9.17, 15) is 4.39 Å². The van der Waals surface area contributed by atoms with Gasteiger partial charge in [-0.1, -0.05) is 34.8 Å². The van der Waals surface area contributed by atoms with E-state index in [4.69, 9.17) is 39.9 Å². The van der Waals surface area contributed by atoms with E-state index in [0.717, 1.165) is 0 Å². The Bertz CT molecular complexity index is 604. The van der Waals surface area contributed by atoms with Gasteiger partial charge in [0, 0.05) is 5.56 Å². The highest BCUT2D eigenvalue weighted by molar-refractivity contribution is 6.46. The molecule has 2 rings (SSSR count). The van der Waals surface area contributed by atoms with Crippen LogP contribution in [0.5, 0.6) is 0 Å². The smallest absolute Gasteiger partial charge is 0.147 e. The molecule has 2 nitrogen and oxygen atoms in total. The molecule has 0 aliphatic rings. The van der Waals surface area contributed by atoms with Crippen LogP contribution in [-0.2, 0) is 6.61 Å². The van der Waals surface area contributed by atoms with Crippen LogP contribution in [0.25, 0.3) is 11.3 Å². The monoisotopic (exact) mass is 305 g/mol. The summed E-state index contributed by atoms with van der Waals surface area (Å²) in [7, 11) is 0. The number of aliphatic hydroxyl groups is 1. The minimum absolute atomic E-state index is 0.0698. The Hall–Kier alpha value is -0.870. The highest BCUT2D eigenvalue weighted by atomic mass is 35.5. The highest BCUT2D eigenvalue weighted by Crippen LogP contribution is 2.38. The zero-order chi connectivity index (χ0) is 13.3. The third-order valence-corrected chi connectivity index (χ3v) is 3.49. The molecule has 6 heteroatoms. The van der Waals surface area contributed by atoms with Gasteiger partial charge in [-0.05, 0) is 24.3 Å². The number of hydrogen-bond donors (Lipinski definition) is 1. The molecule has 0 saturated heterocycles. The second-order valence-corrected chi connectivity index (χ2v) is 4.69. The Morgan fingerprint density at radius 2 is 1.72 bits per heavy atom. The molecule has 0 unspecified atom stereocenters. The number of pyridine rings is 1. The topological polar surface area (TPSA) is 33.1 Å². The van der Waals surface area contributed by atoms with Gasteiger partial charge in [-0.2, -0.15) is 0 Å². The van der Waals surface area contributed by atoms with E-state index in [0.29, 0.717) is 21.3 Å². The van der Waals surface area contributed by atoms with Crippen molar-refractivity contribution in [1.29, 1.82) is 0 Å². The van der Waals surface area contributed by atoms with Gasteiger partial charge in [0.05, 0.1) is 27.4 Å². The lowest BCUT2D eigenvalue weighted by Crippen LogP contribution is -1.97. The van der Waals surface area contributed by atoms with Gasteiger partial charge in [0.25, 0.3) is 0 Å². The maximum absolute atomic E-state index is 13.3. The van der Waals surface area contributed by atoms with Crippen molar-refractivity contribution in [2.24, 2.45) is 0 Å². The summed E-state index contributed by atoms with van der Waals surface area (Å²) in [5.41, 5.74) is 0.707. The molecule has 0 bridgehead atoms. The van der Waals surface area contributed by atoms with Crippen LogP contribution in [0.15, 0.2) is 24.3 Å². The standard InChI is InChI=1S/C12H7Cl3FNO/c13-6-1-2-7(14)12(15)11(6)9-4-3-8(16)10(5-18)17-9/h1-4,18H,5H2. The molecule has 0 amide bonds. The molecule has 0 radical (unpaired) electrons. The lowest BCUT2D eigenvalue weighted by molar-refractivity contribution is 0.270. The molecule has 2 aromatic rings. The maximum Gasteiger partial charge on any atom is 0.147 e. The highest BCUT2D eigenvalue weighted by Gasteiger charge is 2.14. The van der Waals surface area contributed by atoms with Crippen LogP contribution in [-0.4, -0.2) is 10.1 Å². The van der Waals surface area contributed by atoms with E-state index in [1.165, 1.54) is 12.1 Å². The zero-order valence-corrected chi connectivity index (χ0v) is 11.2. The molecule has 0 aliphatic carbocycles. The number of benzene rings is 1. The molecule has 0 spiro atoms. The lowest BCUT2D eigenvalue weighted by Gasteiger charge is -2.09. The van der Waals surface area contributed by atoms with Gasteiger partial charge in [0.1, 0.15) is 11.5 Å². The van der Waals surface area contributed by atoms with E-state index in [1.54, 1.807) is 12.1 Å². The van der Waals surface area contributed by atoms with E-state index in [2.05, 4.69) is 4.98 Å². The predicted molar refractivity (Wildman–Crippen MR) is 70.6 cm³/mol. The Morgan fingerprint density at radius 3 is 2.39 bits per heavy atom. The van der Waals surface area contributed by atoms with Crippen molar-refractivity contribution in [2.75, 3.05) is 0 Å². The second-order valence-electron chi connectivity index (χ2n) is 3.50. The first-order chi connectivity index (χ1) is 8.54. The van der Waals surface area contributed by atoms with Crippen LogP contribution < -0.4 is 0 Å². The van der Waals surface area contributed by atoms with Gasteiger partial charge in [0.15, 0.2) is 0 Å². The van der Waals surface area contributed by atoms with Gasteiger partial charge >= 0.3 is 0 Å². The number of aliphatic hydroxyl groups excluding tert-OH is 1. The van der Waals surface area contributed by atoms with E-state index in [1.807, 2.05) is 0 Å². The van der Waals surface area contributed by atoms with Crippen LogP contribution in [0.3, 0.4) is 0 Å². The molecule has 1 aromatic carbocycles. The van der Waals surface area contributed by atoms with Crippen molar-refractivity contribution in [3.63, 3.8) is 0 Å². The largest absolute Gasteiger partial charge is 0.390 e. The number of nitrogens with zero attached hydrogens (tertiary/aromatic N) is 1. The molecule has 1 heterocycles. The van der Waals surface area contributed by atoms with Crippen molar-refractivity contribution in [2.45, 2.75) is 6.61 Å². The quantitative estimate of drug-likeness (QED) is 0.837. The van der Waals surface area contributed by atoms with Gasteiger partial charge < -0.3 is 5.11 Å². The molecule has 0 saturated carbocycles. The Balaban J connectivity index is 2.65. The van der Waals surface area contributed by atoms with Gasteiger partial charge in [-0.25, -0.2) is 9.37 Å². The number of aromatic nitrogens is 1. The summed E-state index contributed by atoms with van der Waals surface area (Å²) in [4.78, 5) is 3.97. The van der Waals surface area contributed by atoms with Crippen LogP contribution >= 0.6 is 34.8 Å². The van der Waals surface area contributed by atoms with Crippen molar-refractivity contribution in [3.8, 4) is 11.3 Å². The van der Waals surface area contributed by atoms with Gasteiger partial charge in [-0.3, -0.25) is 0 Å². The van der Waals surface area contributed by atoms with Gasteiger partial charge in [0.2, 0.25) is 0 Å². The van der Waals surface area contributed by atoms with Crippen LogP contribution in [0.4, 0.5) is 4.39 Å². The summed E-state index contributed by atoms with van der Waals surface area (Å²) < 4.78 is 13.3. The van der Waals surface area contributed by atoms with E-state index >= 15 is 0 Å². The summed E-state index contributed by atoms with van der Waals surface area (Å²) in [5.74, 6) is -0.587. The van der Waals surface area contributed by atoms with Crippen LogP contribution in [0, 0.1) is 5.82 Å². The molecular weight excluding hydrogens is 299 g/mol. The van der Waals surface area contributed by atoms with Crippen molar-refractivity contribution < 1.29 is 9.50 Å². The molecule has 0 aliphatic heterocycles. The fourth-order valence-electron chi connectivity index (χ4n) is 1.50. The lowest BCUT2D eigenvalue weighted by atomic mass is 10.1. The Kier molecular flexibility index (Phi) is 4.07. The van der Waals surface area contributed by atoms with Crippen molar-refractivity contribution >= 4 is 34.8 Å². The minimum Gasteiger partial charge on any atom is -0.390 e. The summed E-state index contributed by atoms with van der Waals surface area (Å²) in [5, 5.41) is 9.91. The zero-order valence-electron chi connectivity index (χ0n) is 8.92.